The minimum Gasteiger partial charge on any atom is -0.404 e. The molecule has 2 aromatic heterocycles. The zero-order valence-electron chi connectivity index (χ0n) is 14.5. The lowest BCUT2D eigenvalue weighted by atomic mass is 10.1. The summed E-state index contributed by atoms with van der Waals surface area (Å²) in [7, 11) is 3.64. The molecule has 0 unspecified atom stereocenters. The number of rotatable bonds is 4. The summed E-state index contributed by atoms with van der Waals surface area (Å²) < 4.78 is 0. The van der Waals surface area contributed by atoms with E-state index in [2.05, 4.69) is 25.7 Å². The van der Waals surface area contributed by atoms with E-state index in [1.165, 1.54) is 6.20 Å². The molecule has 1 aliphatic rings. The van der Waals surface area contributed by atoms with Crippen molar-refractivity contribution in [2.24, 2.45) is 10.7 Å². The number of hydrogen-bond acceptors (Lipinski definition) is 7. The lowest BCUT2D eigenvalue weighted by Gasteiger charge is -2.25. The largest absolute Gasteiger partial charge is 0.404 e. The Bertz CT molecular complexity index is 909. The number of nitrogens with zero attached hydrogens (tertiary/aromatic N) is 4. The molecule has 3 rings (SSSR count). The maximum Gasteiger partial charge on any atom is 0.132 e. The molecule has 0 atom stereocenters. The highest BCUT2D eigenvalue weighted by Gasteiger charge is 2.09. The van der Waals surface area contributed by atoms with E-state index in [-0.39, 0.29) is 0 Å². The van der Waals surface area contributed by atoms with Crippen molar-refractivity contribution in [3.05, 3.63) is 59.8 Å². The Kier molecular flexibility index (Phi) is 4.65. The first-order valence-electron chi connectivity index (χ1n) is 7.87. The minimum atomic E-state index is 0.736. The highest BCUT2D eigenvalue weighted by Crippen LogP contribution is 2.20. The third kappa shape index (κ3) is 3.60. The molecule has 0 bridgehead atoms. The predicted molar refractivity (Wildman–Crippen MR) is 102 cm³/mol. The number of hydrazine groups is 1. The quantitative estimate of drug-likeness (QED) is 0.742. The van der Waals surface area contributed by atoms with Crippen molar-refractivity contribution in [3.8, 4) is 0 Å². The van der Waals surface area contributed by atoms with Crippen LogP contribution >= 0.6 is 0 Å². The van der Waals surface area contributed by atoms with Gasteiger partial charge in [-0.05, 0) is 36.8 Å². The van der Waals surface area contributed by atoms with Crippen LogP contribution in [-0.2, 0) is 0 Å². The fraction of sp³-hybridized carbons (Fsp3) is 0.167. The SMILES string of the molecule is CN=CC(=CN)c1cnc2ccc(NC3=C(C)C=CN(C)N3)nc2c1. The molecule has 0 amide bonds. The Morgan fingerprint density at radius 3 is 2.96 bits per heavy atom. The first-order valence-corrected chi connectivity index (χ1v) is 7.87. The lowest BCUT2D eigenvalue weighted by Crippen LogP contribution is -2.35. The number of pyridine rings is 2. The van der Waals surface area contributed by atoms with Gasteiger partial charge in [-0.3, -0.25) is 20.4 Å². The van der Waals surface area contributed by atoms with Gasteiger partial charge in [0.2, 0.25) is 0 Å². The fourth-order valence-electron chi connectivity index (χ4n) is 2.45. The van der Waals surface area contributed by atoms with Crippen LogP contribution in [0.25, 0.3) is 16.6 Å². The van der Waals surface area contributed by atoms with Gasteiger partial charge in [0.1, 0.15) is 11.6 Å². The molecule has 0 aliphatic carbocycles. The van der Waals surface area contributed by atoms with Gasteiger partial charge in [0.15, 0.2) is 0 Å². The van der Waals surface area contributed by atoms with Crippen molar-refractivity contribution in [2.75, 3.05) is 19.4 Å². The molecule has 1 aliphatic heterocycles. The van der Waals surface area contributed by atoms with Crippen molar-refractivity contribution in [1.29, 1.82) is 0 Å². The molecule has 128 valence electrons. The smallest absolute Gasteiger partial charge is 0.132 e. The average molecular weight is 335 g/mol. The number of allylic oxidation sites excluding steroid dienone is 3. The van der Waals surface area contributed by atoms with Gasteiger partial charge in [-0.25, -0.2) is 4.98 Å². The molecule has 7 nitrogen and oxygen atoms in total. The van der Waals surface area contributed by atoms with E-state index >= 15 is 0 Å². The van der Waals surface area contributed by atoms with E-state index in [0.29, 0.717) is 0 Å². The summed E-state index contributed by atoms with van der Waals surface area (Å²) in [5, 5.41) is 5.19. The molecule has 7 heteroatoms. The number of nitrogens with two attached hydrogens (primary N) is 1. The van der Waals surface area contributed by atoms with Crippen LogP contribution < -0.4 is 16.5 Å². The van der Waals surface area contributed by atoms with E-state index in [9.17, 15) is 0 Å². The third-order valence-corrected chi connectivity index (χ3v) is 3.80. The fourth-order valence-corrected chi connectivity index (χ4v) is 2.45. The van der Waals surface area contributed by atoms with Gasteiger partial charge in [0.05, 0.1) is 11.0 Å². The van der Waals surface area contributed by atoms with Gasteiger partial charge >= 0.3 is 0 Å². The van der Waals surface area contributed by atoms with Crippen molar-refractivity contribution in [1.82, 2.24) is 20.4 Å². The number of aliphatic imine (C=N–C) groups is 1. The van der Waals surface area contributed by atoms with Gasteiger partial charge in [-0.2, -0.15) is 0 Å². The number of aromatic nitrogens is 2. The molecule has 0 radical (unpaired) electrons. The summed E-state index contributed by atoms with van der Waals surface area (Å²) in [5.41, 5.74) is 13.3. The van der Waals surface area contributed by atoms with Gasteiger partial charge < -0.3 is 11.1 Å². The Morgan fingerprint density at radius 2 is 2.20 bits per heavy atom. The normalized spacial score (nSPS) is 15.2. The standard InChI is InChI=1S/C18H21N7/c1-12-6-7-25(3)24-18(12)23-17-5-4-15-16(22-17)8-13(11-21-15)14(9-19)10-20-2/h4-11,24H,19H2,1-3H3,(H,22,23). The van der Waals surface area contributed by atoms with E-state index in [0.717, 1.165) is 39.4 Å². The zero-order valence-corrected chi connectivity index (χ0v) is 14.5. The topological polar surface area (TPSA) is 91.5 Å². The van der Waals surface area contributed by atoms with Crippen molar-refractivity contribution < 1.29 is 0 Å². The zero-order chi connectivity index (χ0) is 17.8. The van der Waals surface area contributed by atoms with Crippen LogP contribution in [0.1, 0.15) is 12.5 Å². The van der Waals surface area contributed by atoms with Gasteiger partial charge in [-0.1, -0.05) is 0 Å². The summed E-state index contributed by atoms with van der Waals surface area (Å²) in [4.78, 5) is 13.1. The maximum atomic E-state index is 5.68. The number of fused-ring (bicyclic) bond motifs is 1. The summed E-state index contributed by atoms with van der Waals surface area (Å²) >= 11 is 0. The van der Waals surface area contributed by atoms with Crippen LogP contribution in [0.3, 0.4) is 0 Å². The van der Waals surface area contributed by atoms with E-state index < -0.39 is 0 Å². The Labute approximate surface area is 146 Å². The van der Waals surface area contributed by atoms with Crippen LogP contribution in [-0.4, -0.2) is 35.3 Å². The number of anilines is 1. The van der Waals surface area contributed by atoms with Crippen molar-refractivity contribution >= 4 is 28.6 Å². The second-order valence-corrected chi connectivity index (χ2v) is 5.69. The predicted octanol–water partition coefficient (Wildman–Crippen LogP) is 2.24. The Morgan fingerprint density at radius 1 is 1.36 bits per heavy atom. The molecule has 3 heterocycles. The molecular formula is C18H21N7. The van der Waals surface area contributed by atoms with Crippen LogP contribution in [0.4, 0.5) is 5.82 Å². The summed E-state index contributed by atoms with van der Waals surface area (Å²) in [6.07, 6.45) is 8.97. The van der Waals surface area contributed by atoms with Gasteiger partial charge in [0, 0.05) is 50.0 Å². The third-order valence-electron chi connectivity index (χ3n) is 3.80. The number of hydrogen-bond donors (Lipinski definition) is 3. The second kappa shape index (κ2) is 7.04. The van der Waals surface area contributed by atoms with E-state index in [1.807, 2.05) is 49.5 Å². The molecule has 2 aromatic rings. The van der Waals surface area contributed by atoms with Crippen LogP contribution in [0, 0.1) is 0 Å². The Balaban J connectivity index is 1.95. The first-order chi connectivity index (χ1) is 12.1. The van der Waals surface area contributed by atoms with Crippen molar-refractivity contribution in [2.45, 2.75) is 6.92 Å². The summed E-state index contributed by atoms with van der Waals surface area (Å²) in [5.74, 6) is 1.63. The molecule has 0 fully saturated rings. The summed E-state index contributed by atoms with van der Waals surface area (Å²) in [6, 6.07) is 5.80. The van der Waals surface area contributed by atoms with Crippen LogP contribution in [0.15, 0.2) is 59.3 Å². The minimum absolute atomic E-state index is 0.736. The molecule has 0 saturated heterocycles. The lowest BCUT2D eigenvalue weighted by molar-refractivity contribution is 0.363. The van der Waals surface area contributed by atoms with Crippen LogP contribution in [0.5, 0.6) is 0 Å². The Hall–Kier alpha value is -3.35. The highest BCUT2D eigenvalue weighted by molar-refractivity contribution is 6.10. The molecule has 25 heavy (non-hydrogen) atoms. The van der Waals surface area contributed by atoms with Crippen molar-refractivity contribution in [3.63, 3.8) is 0 Å². The first kappa shape index (κ1) is 16.5. The van der Waals surface area contributed by atoms with Gasteiger partial charge in [-0.15, -0.1) is 0 Å². The highest BCUT2D eigenvalue weighted by atomic mass is 15.5. The molecule has 0 aromatic carbocycles. The second-order valence-electron chi connectivity index (χ2n) is 5.69. The summed E-state index contributed by atoms with van der Waals surface area (Å²) in [6.45, 7) is 2.03. The van der Waals surface area contributed by atoms with Crippen LogP contribution in [0.2, 0.25) is 0 Å². The monoisotopic (exact) mass is 335 g/mol. The maximum absolute atomic E-state index is 5.68. The molecule has 0 saturated carbocycles. The molecule has 4 N–H and O–H groups in total. The van der Waals surface area contributed by atoms with E-state index in [1.54, 1.807) is 19.5 Å². The van der Waals surface area contributed by atoms with E-state index in [4.69, 9.17) is 5.73 Å². The number of nitrogens with one attached hydrogen (secondary N) is 2. The average Bonchev–Trinajstić information content (AvgIpc) is 2.62. The van der Waals surface area contributed by atoms with Gasteiger partial charge in [0.25, 0.3) is 0 Å². The molecular weight excluding hydrogens is 314 g/mol. The molecule has 0 spiro atoms.